The van der Waals surface area contributed by atoms with Gasteiger partial charge in [0.1, 0.15) is 11.9 Å². The van der Waals surface area contributed by atoms with Crippen LogP contribution in [0.1, 0.15) is 25.0 Å². The van der Waals surface area contributed by atoms with E-state index >= 15 is 0 Å². The van der Waals surface area contributed by atoms with E-state index in [1.165, 1.54) is 31.2 Å². The highest BCUT2D eigenvalue weighted by Gasteiger charge is 2.19. The number of benzene rings is 1. The third kappa shape index (κ3) is 5.50. The minimum absolute atomic E-state index is 0.0920. The van der Waals surface area contributed by atoms with Gasteiger partial charge in [-0.2, -0.15) is 8.78 Å². The van der Waals surface area contributed by atoms with Crippen molar-refractivity contribution in [1.29, 1.82) is 0 Å². The summed E-state index contributed by atoms with van der Waals surface area (Å²) >= 11 is 0. The van der Waals surface area contributed by atoms with Gasteiger partial charge in [-0.1, -0.05) is 12.1 Å². The van der Waals surface area contributed by atoms with E-state index in [2.05, 4.69) is 10.1 Å². The monoisotopic (exact) mass is 289 g/mol. The van der Waals surface area contributed by atoms with E-state index in [-0.39, 0.29) is 30.2 Å². The summed E-state index contributed by atoms with van der Waals surface area (Å²) in [6.45, 7) is -1.40. The summed E-state index contributed by atoms with van der Waals surface area (Å²) in [7, 11) is 0. The maximum Gasteiger partial charge on any atom is 0.387 e. The molecule has 0 aliphatic carbocycles. The van der Waals surface area contributed by atoms with E-state index in [0.29, 0.717) is 0 Å². The second-order valence-electron chi connectivity index (χ2n) is 4.23. The van der Waals surface area contributed by atoms with Crippen LogP contribution in [0.3, 0.4) is 0 Å². The average Bonchev–Trinajstić information content (AvgIpc) is 2.36. The molecular weight excluding hydrogens is 272 g/mol. The standard InChI is InChI=1S/C13H17F2NO4/c1-8(17)16-6-5-11(18)12(19)9-3-2-4-10(7-9)20-13(14)15/h2-4,7,11-13,18-19H,5-6H2,1H3,(H,16,17). The largest absolute Gasteiger partial charge is 0.435 e. The molecule has 1 rings (SSSR count). The number of ether oxygens (including phenoxy) is 1. The minimum Gasteiger partial charge on any atom is -0.435 e. The number of carbonyl (C=O) groups excluding carboxylic acids is 1. The van der Waals surface area contributed by atoms with Crippen LogP contribution in [0, 0.1) is 0 Å². The Kier molecular flexibility index (Phi) is 6.33. The summed E-state index contributed by atoms with van der Waals surface area (Å²) < 4.78 is 28.4. The van der Waals surface area contributed by atoms with E-state index in [1.54, 1.807) is 0 Å². The highest BCUT2D eigenvalue weighted by molar-refractivity contribution is 5.72. The van der Waals surface area contributed by atoms with Gasteiger partial charge in [-0.3, -0.25) is 4.79 Å². The smallest absolute Gasteiger partial charge is 0.387 e. The lowest BCUT2D eigenvalue weighted by Crippen LogP contribution is -2.27. The zero-order chi connectivity index (χ0) is 15.1. The highest BCUT2D eigenvalue weighted by atomic mass is 19.3. The third-order valence-electron chi connectivity index (χ3n) is 2.60. The van der Waals surface area contributed by atoms with Crippen molar-refractivity contribution in [3.05, 3.63) is 29.8 Å². The second-order valence-corrected chi connectivity index (χ2v) is 4.23. The molecule has 3 N–H and O–H groups in total. The van der Waals surface area contributed by atoms with Crippen LogP contribution < -0.4 is 10.1 Å². The van der Waals surface area contributed by atoms with E-state index in [0.717, 1.165) is 0 Å². The van der Waals surface area contributed by atoms with Gasteiger partial charge in [0, 0.05) is 13.5 Å². The Morgan fingerprint density at radius 1 is 1.40 bits per heavy atom. The molecular formula is C13H17F2NO4. The van der Waals surface area contributed by atoms with Gasteiger partial charge in [0.25, 0.3) is 0 Å². The number of halogens is 2. The normalized spacial score (nSPS) is 13.9. The van der Waals surface area contributed by atoms with Crippen molar-refractivity contribution in [1.82, 2.24) is 5.32 Å². The number of rotatable bonds is 7. The Morgan fingerprint density at radius 3 is 2.70 bits per heavy atom. The third-order valence-corrected chi connectivity index (χ3v) is 2.60. The highest BCUT2D eigenvalue weighted by Crippen LogP contribution is 2.23. The minimum atomic E-state index is -2.95. The SMILES string of the molecule is CC(=O)NCCC(O)C(O)c1cccc(OC(F)F)c1. The van der Waals surface area contributed by atoms with E-state index in [4.69, 9.17) is 0 Å². The lowest BCUT2D eigenvalue weighted by Gasteiger charge is -2.19. The molecule has 0 aliphatic heterocycles. The first-order chi connectivity index (χ1) is 9.40. The number of hydrogen-bond donors (Lipinski definition) is 3. The fraction of sp³-hybridized carbons (Fsp3) is 0.462. The quantitative estimate of drug-likeness (QED) is 0.705. The first-order valence-electron chi connectivity index (χ1n) is 6.05. The molecule has 7 heteroatoms. The molecule has 1 amide bonds. The number of carbonyl (C=O) groups is 1. The van der Waals surface area contributed by atoms with Crippen molar-refractivity contribution in [2.75, 3.05) is 6.54 Å². The first-order valence-corrected chi connectivity index (χ1v) is 6.05. The number of amides is 1. The molecule has 0 spiro atoms. The molecule has 0 bridgehead atoms. The summed E-state index contributed by atoms with van der Waals surface area (Å²) in [5.41, 5.74) is 0.262. The molecule has 1 aromatic rings. The topological polar surface area (TPSA) is 78.8 Å². The van der Waals surface area contributed by atoms with Crippen molar-refractivity contribution < 1.29 is 28.5 Å². The summed E-state index contributed by atoms with van der Waals surface area (Å²) in [6.07, 6.45) is -2.23. The van der Waals surface area contributed by atoms with Crippen LogP contribution in [-0.2, 0) is 4.79 Å². The number of aliphatic hydroxyl groups excluding tert-OH is 2. The molecule has 0 aromatic heterocycles. The zero-order valence-electron chi connectivity index (χ0n) is 10.9. The van der Waals surface area contributed by atoms with Gasteiger partial charge in [-0.15, -0.1) is 0 Å². The lowest BCUT2D eigenvalue weighted by atomic mass is 10.0. The molecule has 2 atom stereocenters. The molecule has 0 radical (unpaired) electrons. The zero-order valence-corrected chi connectivity index (χ0v) is 10.9. The van der Waals surface area contributed by atoms with E-state index in [9.17, 15) is 23.8 Å². The molecule has 0 saturated carbocycles. The van der Waals surface area contributed by atoms with Crippen LogP contribution in [0.15, 0.2) is 24.3 Å². The molecule has 0 fully saturated rings. The number of aliphatic hydroxyl groups is 2. The Morgan fingerprint density at radius 2 is 2.10 bits per heavy atom. The van der Waals surface area contributed by atoms with Crippen LogP contribution in [-0.4, -0.2) is 35.4 Å². The summed E-state index contributed by atoms with van der Waals surface area (Å²) in [4.78, 5) is 10.7. The lowest BCUT2D eigenvalue weighted by molar-refractivity contribution is -0.119. The van der Waals surface area contributed by atoms with Crippen molar-refractivity contribution in [3.63, 3.8) is 0 Å². The maximum absolute atomic E-state index is 12.1. The number of nitrogens with one attached hydrogen (secondary N) is 1. The van der Waals surface area contributed by atoms with Gasteiger partial charge in [0.15, 0.2) is 0 Å². The molecule has 0 heterocycles. The molecule has 1 aromatic carbocycles. The van der Waals surface area contributed by atoms with Crippen LogP contribution in [0.4, 0.5) is 8.78 Å². The van der Waals surface area contributed by atoms with Crippen LogP contribution in [0.25, 0.3) is 0 Å². The predicted molar refractivity (Wildman–Crippen MR) is 67.3 cm³/mol. The predicted octanol–water partition coefficient (Wildman–Crippen LogP) is 1.21. The van der Waals surface area contributed by atoms with Gasteiger partial charge in [-0.05, 0) is 24.1 Å². The Labute approximate surface area is 115 Å². The van der Waals surface area contributed by atoms with Crippen molar-refractivity contribution in [2.24, 2.45) is 0 Å². The van der Waals surface area contributed by atoms with Crippen molar-refractivity contribution in [2.45, 2.75) is 32.2 Å². The van der Waals surface area contributed by atoms with Crippen molar-refractivity contribution >= 4 is 5.91 Å². The molecule has 112 valence electrons. The summed E-state index contributed by atoms with van der Waals surface area (Å²) in [6, 6.07) is 5.49. The number of alkyl halides is 2. The number of hydrogen-bond acceptors (Lipinski definition) is 4. The maximum atomic E-state index is 12.1. The van der Waals surface area contributed by atoms with Gasteiger partial charge < -0.3 is 20.3 Å². The molecule has 0 saturated heterocycles. The van der Waals surface area contributed by atoms with Crippen molar-refractivity contribution in [3.8, 4) is 5.75 Å². The Balaban J connectivity index is 2.61. The van der Waals surface area contributed by atoms with E-state index in [1.807, 2.05) is 0 Å². The summed E-state index contributed by atoms with van der Waals surface area (Å²) in [5, 5.41) is 22.2. The van der Waals surface area contributed by atoms with Crippen LogP contribution >= 0.6 is 0 Å². The van der Waals surface area contributed by atoms with Gasteiger partial charge >= 0.3 is 6.61 Å². The van der Waals surface area contributed by atoms with Gasteiger partial charge in [0.2, 0.25) is 5.91 Å². The van der Waals surface area contributed by atoms with Crippen LogP contribution in [0.5, 0.6) is 5.75 Å². The molecule has 5 nitrogen and oxygen atoms in total. The molecule has 2 unspecified atom stereocenters. The Hall–Kier alpha value is -1.73. The van der Waals surface area contributed by atoms with Gasteiger partial charge in [0.05, 0.1) is 6.10 Å². The van der Waals surface area contributed by atoms with Gasteiger partial charge in [-0.25, -0.2) is 0 Å². The second kappa shape index (κ2) is 7.76. The van der Waals surface area contributed by atoms with E-state index < -0.39 is 18.8 Å². The Bertz CT molecular complexity index is 442. The molecule has 20 heavy (non-hydrogen) atoms. The fourth-order valence-corrected chi connectivity index (χ4v) is 1.65. The summed E-state index contributed by atoms with van der Waals surface area (Å²) in [5.74, 6) is -0.329. The average molecular weight is 289 g/mol. The fourth-order valence-electron chi connectivity index (χ4n) is 1.65. The van der Waals surface area contributed by atoms with Crippen LogP contribution in [0.2, 0.25) is 0 Å². The molecule has 0 aliphatic rings. The first kappa shape index (κ1) is 16.3.